The minimum Gasteiger partial charge on any atom is -0.504 e. The molecule has 7 heteroatoms. The van der Waals surface area contributed by atoms with E-state index in [9.17, 15) is 20.4 Å². The summed E-state index contributed by atoms with van der Waals surface area (Å²) in [6.45, 7) is 0. The number of rotatable bonds is 8. The highest BCUT2D eigenvalue weighted by Gasteiger charge is 2.14. The average Bonchev–Trinajstić information content (AvgIpc) is 2.62. The van der Waals surface area contributed by atoms with Gasteiger partial charge < -0.3 is 29.9 Å². The molecule has 2 rings (SSSR count). The van der Waals surface area contributed by atoms with E-state index in [0.29, 0.717) is 34.1 Å². The lowest BCUT2D eigenvalue weighted by Crippen LogP contribution is -2.06. The number of aromatic hydroxyl groups is 2. The molecule has 0 radical (unpaired) electrons. The predicted molar refractivity (Wildman–Crippen MR) is 96.6 cm³/mol. The molecule has 2 atom stereocenters. The van der Waals surface area contributed by atoms with Gasteiger partial charge in [0.05, 0.1) is 26.4 Å². The molecular weight excluding hydrogens is 344 g/mol. The Morgan fingerprint density at radius 2 is 1.20 bits per heavy atom. The molecule has 0 heterocycles. The summed E-state index contributed by atoms with van der Waals surface area (Å²) in [4.78, 5) is 0. The molecule has 2 unspecified atom stereocenters. The molecular formula is C18H22O6S. The smallest absolute Gasteiger partial charge is 0.160 e. The van der Waals surface area contributed by atoms with Crippen molar-refractivity contribution in [3.63, 3.8) is 0 Å². The molecule has 2 aromatic carbocycles. The standard InChI is InChI=1S/C18H22O6S/c1-23-17-7-11(3-5-13(17)19)15(21)9-25-10-16(22)12-4-6-14(20)18(8-12)24-2/h3-8,15-16,19-22H,9-10H2,1-2H3. The number of hydrogen-bond donors (Lipinski definition) is 4. The Morgan fingerprint density at radius 3 is 1.56 bits per heavy atom. The van der Waals surface area contributed by atoms with Crippen molar-refractivity contribution in [3.05, 3.63) is 47.5 Å². The minimum atomic E-state index is -0.749. The van der Waals surface area contributed by atoms with Gasteiger partial charge in [0.25, 0.3) is 0 Å². The molecule has 0 spiro atoms. The molecule has 0 saturated heterocycles. The maximum Gasteiger partial charge on any atom is 0.160 e. The SMILES string of the molecule is COc1cc(C(O)CSCC(O)c2ccc(O)c(OC)c2)ccc1O. The first-order valence-electron chi connectivity index (χ1n) is 7.64. The zero-order valence-corrected chi connectivity index (χ0v) is 14.9. The summed E-state index contributed by atoms with van der Waals surface area (Å²) in [7, 11) is 2.89. The van der Waals surface area contributed by atoms with Gasteiger partial charge in [0.2, 0.25) is 0 Å². The van der Waals surface area contributed by atoms with Gasteiger partial charge in [-0.2, -0.15) is 11.8 Å². The first kappa shape index (κ1) is 19.2. The third kappa shape index (κ3) is 4.94. The van der Waals surface area contributed by atoms with Crippen molar-refractivity contribution in [1.82, 2.24) is 0 Å². The summed E-state index contributed by atoms with van der Waals surface area (Å²) in [6, 6.07) is 9.37. The Hall–Kier alpha value is -2.09. The quantitative estimate of drug-likeness (QED) is 0.570. The fourth-order valence-electron chi connectivity index (χ4n) is 2.29. The zero-order chi connectivity index (χ0) is 18.4. The van der Waals surface area contributed by atoms with Crippen LogP contribution in [0.5, 0.6) is 23.0 Å². The highest BCUT2D eigenvalue weighted by atomic mass is 32.2. The molecule has 0 amide bonds. The summed E-state index contributed by atoms with van der Waals surface area (Å²) in [5, 5.41) is 39.6. The van der Waals surface area contributed by atoms with Crippen LogP contribution in [0.1, 0.15) is 23.3 Å². The van der Waals surface area contributed by atoms with Crippen LogP contribution in [0.4, 0.5) is 0 Å². The van der Waals surface area contributed by atoms with Crippen LogP contribution in [-0.2, 0) is 0 Å². The molecule has 0 bridgehead atoms. The number of phenols is 2. The van der Waals surface area contributed by atoms with Gasteiger partial charge in [-0.05, 0) is 35.4 Å². The van der Waals surface area contributed by atoms with E-state index in [4.69, 9.17) is 9.47 Å². The van der Waals surface area contributed by atoms with Gasteiger partial charge in [0, 0.05) is 11.5 Å². The third-order valence-corrected chi connectivity index (χ3v) is 4.83. The van der Waals surface area contributed by atoms with Gasteiger partial charge in [-0.15, -0.1) is 0 Å². The van der Waals surface area contributed by atoms with Crippen LogP contribution in [0, 0.1) is 0 Å². The Kier molecular flexibility index (Phi) is 6.81. The summed E-state index contributed by atoms with van der Waals surface area (Å²) >= 11 is 1.39. The maximum absolute atomic E-state index is 10.2. The predicted octanol–water partition coefficient (Wildman–Crippen LogP) is 2.62. The summed E-state index contributed by atoms with van der Waals surface area (Å²) in [5.41, 5.74) is 1.26. The Labute approximate surface area is 150 Å². The molecule has 6 nitrogen and oxygen atoms in total. The number of methoxy groups -OCH3 is 2. The van der Waals surface area contributed by atoms with E-state index in [2.05, 4.69) is 0 Å². The van der Waals surface area contributed by atoms with E-state index in [0.717, 1.165) is 0 Å². The number of aliphatic hydroxyl groups excluding tert-OH is 2. The lowest BCUT2D eigenvalue weighted by molar-refractivity contribution is 0.198. The van der Waals surface area contributed by atoms with Crippen molar-refractivity contribution in [3.8, 4) is 23.0 Å². The van der Waals surface area contributed by atoms with Gasteiger partial charge in [0.1, 0.15) is 0 Å². The van der Waals surface area contributed by atoms with Crippen LogP contribution in [-0.4, -0.2) is 46.2 Å². The van der Waals surface area contributed by atoms with Crippen LogP contribution < -0.4 is 9.47 Å². The van der Waals surface area contributed by atoms with Gasteiger partial charge >= 0.3 is 0 Å². The number of phenolic OH excluding ortho intramolecular Hbond substituents is 2. The number of hydrogen-bond acceptors (Lipinski definition) is 7. The zero-order valence-electron chi connectivity index (χ0n) is 14.0. The summed E-state index contributed by atoms with van der Waals surface area (Å²) in [6.07, 6.45) is -1.50. The largest absolute Gasteiger partial charge is 0.504 e. The second kappa shape index (κ2) is 8.84. The maximum atomic E-state index is 10.2. The molecule has 4 N–H and O–H groups in total. The van der Waals surface area contributed by atoms with Gasteiger partial charge in [-0.3, -0.25) is 0 Å². The van der Waals surface area contributed by atoms with Crippen molar-refractivity contribution < 1.29 is 29.9 Å². The number of benzene rings is 2. The lowest BCUT2D eigenvalue weighted by atomic mass is 10.1. The number of thioether (sulfide) groups is 1. The molecule has 25 heavy (non-hydrogen) atoms. The van der Waals surface area contributed by atoms with Crippen molar-refractivity contribution >= 4 is 11.8 Å². The highest BCUT2D eigenvalue weighted by molar-refractivity contribution is 7.99. The molecule has 2 aromatic rings. The molecule has 0 fully saturated rings. The lowest BCUT2D eigenvalue weighted by Gasteiger charge is -2.15. The van der Waals surface area contributed by atoms with Crippen LogP contribution in [0.25, 0.3) is 0 Å². The third-order valence-electron chi connectivity index (χ3n) is 3.73. The van der Waals surface area contributed by atoms with Crippen LogP contribution in [0.2, 0.25) is 0 Å². The van der Waals surface area contributed by atoms with Crippen molar-refractivity contribution in [2.24, 2.45) is 0 Å². The summed E-state index contributed by atoms with van der Waals surface area (Å²) < 4.78 is 10.1. The Balaban J connectivity index is 1.91. The molecule has 0 saturated carbocycles. The Bertz CT molecular complexity index is 646. The minimum absolute atomic E-state index is 0.0165. The van der Waals surface area contributed by atoms with E-state index < -0.39 is 12.2 Å². The monoisotopic (exact) mass is 366 g/mol. The fourth-order valence-corrected chi connectivity index (χ4v) is 3.25. The van der Waals surface area contributed by atoms with E-state index in [1.807, 2.05) is 0 Å². The molecule has 0 aliphatic rings. The van der Waals surface area contributed by atoms with Crippen LogP contribution in [0.3, 0.4) is 0 Å². The number of ether oxygens (including phenoxy) is 2. The fraction of sp³-hybridized carbons (Fsp3) is 0.333. The van der Waals surface area contributed by atoms with E-state index in [1.54, 1.807) is 24.3 Å². The molecule has 136 valence electrons. The van der Waals surface area contributed by atoms with Crippen molar-refractivity contribution in [2.75, 3.05) is 25.7 Å². The van der Waals surface area contributed by atoms with Crippen LogP contribution >= 0.6 is 11.8 Å². The van der Waals surface area contributed by atoms with Crippen molar-refractivity contribution in [1.29, 1.82) is 0 Å². The second-order valence-electron chi connectivity index (χ2n) is 5.43. The number of aliphatic hydroxyl groups is 2. The van der Waals surface area contributed by atoms with Crippen LogP contribution in [0.15, 0.2) is 36.4 Å². The first-order chi connectivity index (χ1) is 12.0. The van der Waals surface area contributed by atoms with E-state index >= 15 is 0 Å². The topological polar surface area (TPSA) is 99.4 Å². The van der Waals surface area contributed by atoms with E-state index in [-0.39, 0.29) is 11.5 Å². The summed E-state index contributed by atoms with van der Waals surface area (Å²) in [5.74, 6) is 1.39. The van der Waals surface area contributed by atoms with Gasteiger partial charge in [-0.1, -0.05) is 12.1 Å². The average molecular weight is 366 g/mol. The van der Waals surface area contributed by atoms with Crippen molar-refractivity contribution in [2.45, 2.75) is 12.2 Å². The normalized spacial score (nSPS) is 13.3. The highest BCUT2D eigenvalue weighted by Crippen LogP contribution is 2.32. The second-order valence-corrected chi connectivity index (χ2v) is 6.51. The molecule has 0 aliphatic heterocycles. The Morgan fingerprint density at radius 1 is 0.800 bits per heavy atom. The van der Waals surface area contributed by atoms with E-state index in [1.165, 1.54) is 38.1 Å². The van der Waals surface area contributed by atoms with Gasteiger partial charge in [-0.25, -0.2) is 0 Å². The molecule has 0 aromatic heterocycles. The molecule has 0 aliphatic carbocycles. The van der Waals surface area contributed by atoms with Gasteiger partial charge in [0.15, 0.2) is 23.0 Å². The first-order valence-corrected chi connectivity index (χ1v) is 8.79.